The molecule has 0 N–H and O–H groups in total. The molecule has 0 amide bonds. The van der Waals surface area contributed by atoms with E-state index in [4.69, 9.17) is 9.47 Å². The van der Waals surface area contributed by atoms with Crippen LogP contribution >= 0.6 is 0 Å². The van der Waals surface area contributed by atoms with Crippen molar-refractivity contribution in [1.29, 1.82) is 0 Å². The number of aryl methyl sites for hydroxylation is 2. The maximum absolute atomic E-state index is 11.8. The van der Waals surface area contributed by atoms with Crippen LogP contribution in [0.25, 0.3) is 21.5 Å². The second-order valence-corrected chi connectivity index (χ2v) is 5.39. The quantitative estimate of drug-likeness (QED) is 0.373. The van der Waals surface area contributed by atoms with Crippen molar-refractivity contribution in [3.05, 3.63) is 53.6 Å². The lowest BCUT2D eigenvalue weighted by atomic mass is 9.98. The standard InChI is InChI=1S/C19H18O3/c1-4-21-19(20)22-18-15-7-5-6-13(3)16(15)11-14-9-8-12(2)10-17(14)18/h5-11H,4H2,1-3H3. The third-order valence-corrected chi connectivity index (χ3v) is 3.77. The van der Waals surface area contributed by atoms with E-state index in [-0.39, 0.29) is 0 Å². The molecule has 0 bridgehead atoms. The zero-order valence-corrected chi connectivity index (χ0v) is 13.0. The SMILES string of the molecule is CCOC(=O)Oc1c2cc(C)ccc2cc2c(C)cccc12. The third kappa shape index (κ3) is 2.50. The Balaban J connectivity index is 2.32. The number of carbonyl (C=O) groups is 1. The molecule has 0 saturated carbocycles. The molecule has 0 radical (unpaired) electrons. The van der Waals surface area contributed by atoms with Gasteiger partial charge in [-0.3, -0.25) is 0 Å². The van der Waals surface area contributed by atoms with Gasteiger partial charge in [0.1, 0.15) is 5.75 Å². The number of carbonyl (C=O) groups excluding carboxylic acids is 1. The smallest absolute Gasteiger partial charge is 0.434 e. The van der Waals surface area contributed by atoms with Crippen molar-refractivity contribution in [2.75, 3.05) is 6.61 Å². The molecule has 0 aliphatic heterocycles. The van der Waals surface area contributed by atoms with E-state index >= 15 is 0 Å². The Morgan fingerprint density at radius 3 is 2.59 bits per heavy atom. The molecule has 3 aromatic rings. The highest BCUT2D eigenvalue weighted by Crippen LogP contribution is 2.36. The molecule has 0 spiro atoms. The minimum atomic E-state index is -0.667. The average molecular weight is 294 g/mol. The zero-order chi connectivity index (χ0) is 15.7. The van der Waals surface area contributed by atoms with Crippen LogP contribution in [0.2, 0.25) is 0 Å². The van der Waals surface area contributed by atoms with Crippen molar-refractivity contribution in [3.63, 3.8) is 0 Å². The molecule has 0 fully saturated rings. The van der Waals surface area contributed by atoms with Crippen molar-refractivity contribution in [1.82, 2.24) is 0 Å². The van der Waals surface area contributed by atoms with Crippen molar-refractivity contribution < 1.29 is 14.3 Å². The molecule has 22 heavy (non-hydrogen) atoms. The summed E-state index contributed by atoms with van der Waals surface area (Å²) in [5, 5.41) is 3.97. The Kier molecular flexibility index (Phi) is 3.72. The molecule has 0 aliphatic rings. The Hall–Kier alpha value is -2.55. The average Bonchev–Trinajstić information content (AvgIpc) is 2.49. The molecule has 3 nitrogen and oxygen atoms in total. The minimum absolute atomic E-state index is 0.291. The molecule has 3 rings (SSSR count). The maximum atomic E-state index is 11.8. The number of hydrogen-bond donors (Lipinski definition) is 0. The van der Waals surface area contributed by atoms with E-state index in [9.17, 15) is 4.79 Å². The summed E-state index contributed by atoms with van der Waals surface area (Å²) in [5.41, 5.74) is 2.27. The summed E-state index contributed by atoms with van der Waals surface area (Å²) < 4.78 is 10.5. The van der Waals surface area contributed by atoms with E-state index in [2.05, 4.69) is 31.2 Å². The molecule has 0 saturated heterocycles. The summed E-state index contributed by atoms with van der Waals surface area (Å²) >= 11 is 0. The zero-order valence-electron chi connectivity index (χ0n) is 13.0. The number of ether oxygens (including phenoxy) is 2. The lowest BCUT2D eigenvalue weighted by Gasteiger charge is -2.13. The van der Waals surface area contributed by atoms with Gasteiger partial charge in [-0.25, -0.2) is 4.79 Å². The Bertz CT molecular complexity index is 862. The monoisotopic (exact) mass is 294 g/mol. The van der Waals surface area contributed by atoms with Gasteiger partial charge in [-0.05, 0) is 49.2 Å². The molecule has 3 heteroatoms. The number of rotatable bonds is 2. The van der Waals surface area contributed by atoms with E-state index in [0.29, 0.717) is 12.4 Å². The maximum Gasteiger partial charge on any atom is 0.513 e. The van der Waals surface area contributed by atoms with Crippen LogP contribution in [0.4, 0.5) is 4.79 Å². The van der Waals surface area contributed by atoms with E-state index < -0.39 is 6.16 Å². The lowest BCUT2D eigenvalue weighted by Crippen LogP contribution is -2.10. The van der Waals surface area contributed by atoms with Gasteiger partial charge in [-0.15, -0.1) is 0 Å². The molecule has 0 unspecified atom stereocenters. The van der Waals surface area contributed by atoms with Crippen LogP contribution in [0.1, 0.15) is 18.1 Å². The van der Waals surface area contributed by atoms with E-state index in [1.54, 1.807) is 6.92 Å². The van der Waals surface area contributed by atoms with Crippen molar-refractivity contribution in [2.45, 2.75) is 20.8 Å². The highest BCUT2D eigenvalue weighted by atomic mass is 16.7. The van der Waals surface area contributed by atoms with Crippen LogP contribution in [0, 0.1) is 13.8 Å². The van der Waals surface area contributed by atoms with Gasteiger partial charge in [0.25, 0.3) is 0 Å². The van der Waals surface area contributed by atoms with Crippen LogP contribution < -0.4 is 4.74 Å². The van der Waals surface area contributed by atoms with Crippen LogP contribution in [-0.2, 0) is 4.74 Å². The van der Waals surface area contributed by atoms with Gasteiger partial charge >= 0.3 is 6.16 Å². The van der Waals surface area contributed by atoms with E-state index in [0.717, 1.165) is 32.7 Å². The highest BCUT2D eigenvalue weighted by Gasteiger charge is 2.14. The molecular weight excluding hydrogens is 276 g/mol. The lowest BCUT2D eigenvalue weighted by molar-refractivity contribution is 0.105. The summed E-state index contributed by atoms with van der Waals surface area (Å²) in [6.07, 6.45) is -0.667. The molecule has 112 valence electrons. The number of benzene rings is 3. The summed E-state index contributed by atoms with van der Waals surface area (Å²) in [6.45, 7) is 6.13. The van der Waals surface area contributed by atoms with Gasteiger partial charge in [0, 0.05) is 10.8 Å². The first-order valence-corrected chi connectivity index (χ1v) is 7.37. The Labute approximate surface area is 129 Å². The first kappa shape index (κ1) is 14.4. The highest BCUT2D eigenvalue weighted by molar-refractivity contribution is 6.07. The molecule has 3 aromatic carbocycles. The van der Waals surface area contributed by atoms with Crippen LogP contribution in [-0.4, -0.2) is 12.8 Å². The summed E-state index contributed by atoms with van der Waals surface area (Å²) in [4.78, 5) is 11.8. The minimum Gasteiger partial charge on any atom is -0.434 e. The predicted octanol–water partition coefficient (Wildman–Crippen LogP) is 5.15. The van der Waals surface area contributed by atoms with Gasteiger partial charge in [0.2, 0.25) is 0 Å². The second kappa shape index (κ2) is 5.68. The Morgan fingerprint density at radius 1 is 1.00 bits per heavy atom. The summed E-state index contributed by atoms with van der Waals surface area (Å²) in [5.74, 6) is 0.568. The fourth-order valence-electron chi connectivity index (χ4n) is 2.70. The Morgan fingerprint density at radius 2 is 1.82 bits per heavy atom. The second-order valence-electron chi connectivity index (χ2n) is 5.39. The molecule has 0 heterocycles. The summed E-state index contributed by atoms with van der Waals surface area (Å²) in [7, 11) is 0. The fraction of sp³-hybridized carbons (Fsp3) is 0.211. The van der Waals surface area contributed by atoms with Gasteiger partial charge in [0.15, 0.2) is 0 Å². The van der Waals surface area contributed by atoms with Crippen LogP contribution in [0.3, 0.4) is 0 Å². The molecule has 0 aliphatic carbocycles. The van der Waals surface area contributed by atoms with E-state index in [1.165, 1.54) is 0 Å². The first-order chi connectivity index (χ1) is 10.6. The van der Waals surface area contributed by atoms with Gasteiger partial charge in [-0.2, -0.15) is 0 Å². The predicted molar refractivity (Wildman–Crippen MR) is 88.6 cm³/mol. The van der Waals surface area contributed by atoms with E-state index in [1.807, 2.05) is 25.1 Å². The largest absolute Gasteiger partial charge is 0.513 e. The van der Waals surface area contributed by atoms with Gasteiger partial charge < -0.3 is 9.47 Å². The summed E-state index contributed by atoms with van der Waals surface area (Å²) in [6, 6.07) is 14.3. The van der Waals surface area contributed by atoms with Crippen LogP contribution in [0.5, 0.6) is 5.75 Å². The molecule has 0 aromatic heterocycles. The third-order valence-electron chi connectivity index (χ3n) is 3.77. The number of fused-ring (bicyclic) bond motifs is 2. The normalized spacial score (nSPS) is 10.9. The van der Waals surface area contributed by atoms with Crippen LogP contribution in [0.15, 0.2) is 42.5 Å². The molecular formula is C19H18O3. The first-order valence-electron chi connectivity index (χ1n) is 7.37. The van der Waals surface area contributed by atoms with Gasteiger partial charge in [-0.1, -0.05) is 35.9 Å². The fourth-order valence-corrected chi connectivity index (χ4v) is 2.70. The van der Waals surface area contributed by atoms with Gasteiger partial charge in [0.05, 0.1) is 6.61 Å². The topological polar surface area (TPSA) is 35.5 Å². The molecule has 0 atom stereocenters. The van der Waals surface area contributed by atoms with Crippen molar-refractivity contribution in [3.8, 4) is 5.75 Å². The van der Waals surface area contributed by atoms with Crippen molar-refractivity contribution in [2.24, 2.45) is 0 Å². The number of hydrogen-bond acceptors (Lipinski definition) is 3. The van der Waals surface area contributed by atoms with Crippen molar-refractivity contribution >= 4 is 27.7 Å².